The van der Waals surface area contributed by atoms with Crippen LogP contribution in [-0.4, -0.2) is 33.3 Å². The number of nitrogens with zero attached hydrogens (tertiary/aromatic N) is 1. The van der Waals surface area contributed by atoms with Gasteiger partial charge in [0.15, 0.2) is 0 Å². The van der Waals surface area contributed by atoms with E-state index >= 15 is 0 Å². The van der Waals surface area contributed by atoms with Crippen LogP contribution in [0.4, 0.5) is 0 Å². The van der Waals surface area contributed by atoms with Gasteiger partial charge in [0.2, 0.25) is 5.91 Å². The third-order valence-electron chi connectivity index (χ3n) is 1.71. The maximum absolute atomic E-state index is 10.7. The van der Waals surface area contributed by atoms with E-state index in [0.717, 1.165) is 0 Å². The number of amides is 1. The van der Waals surface area contributed by atoms with Crippen molar-refractivity contribution in [3.05, 3.63) is 0 Å². The Bertz CT molecular complexity index is 155. The number of aliphatic hydroxyl groups is 1. The van der Waals surface area contributed by atoms with Gasteiger partial charge in [0.25, 0.3) is 0 Å². The van der Waals surface area contributed by atoms with Gasteiger partial charge >= 0.3 is 0 Å². The zero-order valence-corrected chi connectivity index (χ0v) is 5.60. The van der Waals surface area contributed by atoms with E-state index in [1.807, 2.05) is 0 Å². The van der Waals surface area contributed by atoms with Crippen LogP contribution in [0, 0.1) is 0 Å². The van der Waals surface area contributed by atoms with Crippen LogP contribution < -0.4 is 0 Å². The molecule has 0 aromatic heterocycles. The smallest absolute Gasteiger partial charge is 0.228 e. The summed E-state index contributed by atoms with van der Waals surface area (Å²) < 4.78 is 0. The molecule has 2 atom stereocenters. The Kier molecular flexibility index (Phi) is 1.01. The molecule has 1 N–H and O–H groups in total. The number of thioether (sulfide) groups is 1. The van der Waals surface area contributed by atoms with Gasteiger partial charge in [-0.1, -0.05) is 0 Å². The van der Waals surface area contributed by atoms with E-state index in [-0.39, 0.29) is 5.91 Å². The quantitative estimate of drug-likeness (QED) is 0.472. The maximum atomic E-state index is 10.7. The van der Waals surface area contributed by atoms with Crippen LogP contribution in [0.5, 0.6) is 0 Å². The molecule has 0 radical (unpaired) electrons. The highest BCUT2D eigenvalue weighted by molar-refractivity contribution is 8.00. The van der Waals surface area contributed by atoms with Crippen molar-refractivity contribution in [1.29, 1.82) is 0 Å². The number of carbonyl (C=O) groups is 1. The summed E-state index contributed by atoms with van der Waals surface area (Å²) in [5, 5.41) is 9.37. The first kappa shape index (κ1) is 5.56. The molecule has 4 heteroatoms. The highest BCUT2D eigenvalue weighted by atomic mass is 32.2. The number of hydrogen-bond donors (Lipinski definition) is 1. The summed E-state index contributed by atoms with van der Waals surface area (Å²) in [5.41, 5.74) is 0. The standard InChI is InChI=1S/C5H7NO2S/c7-3-1-5-6(3)4(8)2-9-5/h4-5,8H,1-2H2/t4?,5-/m1/s1. The lowest BCUT2D eigenvalue weighted by atomic mass is 10.2. The molecule has 0 saturated carbocycles. The molecule has 0 bridgehead atoms. The predicted octanol–water partition coefficient (Wildman–Crippen LogP) is -0.390. The molecule has 9 heavy (non-hydrogen) atoms. The van der Waals surface area contributed by atoms with E-state index in [0.29, 0.717) is 17.5 Å². The molecule has 0 aromatic carbocycles. The molecule has 0 aliphatic carbocycles. The Labute approximate surface area is 57.0 Å². The predicted molar refractivity (Wildman–Crippen MR) is 33.7 cm³/mol. The minimum atomic E-state index is -0.499. The van der Waals surface area contributed by atoms with Crippen molar-refractivity contribution in [3.63, 3.8) is 0 Å². The Morgan fingerprint density at radius 2 is 2.56 bits per heavy atom. The third-order valence-corrected chi connectivity index (χ3v) is 2.98. The van der Waals surface area contributed by atoms with Crippen molar-refractivity contribution in [3.8, 4) is 0 Å². The van der Waals surface area contributed by atoms with Crippen LogP contribution in [0.1, 0.15) is 6.42 Å². The minimum absolute atomic E-state index is 0.0949. The van der Waals surface area contributed by atoms with E-state index in [4.69, 9.17) is 5.11 Å². The van der Waals surface area contributed by atoms with Crippen LogP contribution in [0.25, 0.3) is 0 Å². The first-order valence-corrected chi connectivity index (χ1v) is 3.95. The lowest BCUT2D eigenvalue weighted by molar-refractivity contribution is -0.151. The second kappa shape index (κ2) is 1.64. The molecule has 2 saturated heterocycles. The Morgan fingerprint density at radius 1 is 1.78 bits per heavy atom. The van der Waals surface area contributed by atoms with E-state index in [1.54, 1.807) is 16.7 Å². The van der Waals surface area contributed by atoms with Gasteiger partial charge in [0.1, 0.15) is 6.23 Å². The second-order valence-electron chi connectivity index (χ2n) is 2.27. The maximum Gasteiger partial charge on any atom is 0.228 e. The summed E-state index contributed by atoms with van der Waals surface area (Å²) in [6.07, 6.45) is 0.128. The average molecular weight is 145 g/mol. The first-order chi connectivity index (χ1) is 4.29. The molecule has 2 rings (SSSR count). The molecular formula is C5H7NO2S. The molecular weight excluding hydrogens is 138 g/mol. The summed E-state index contributed by atoms with van der Waals surface area (Å²) in [7, 11) is 0. The summed E-state index contributed by atoms with van der Waals surface area (Å²) in [6.45, 7) is 0. The topological polar surface area (TPSA) is 40.5 Å². The molecule has 3 nitrogen and oxygen atoms in total. The molecule has 1 amide bonds. The Balaban J connectivity index is 2.14. The van der Waals surface area contributed by atoms with Gasteiger partial charge in [-0.25, -0.2) is 0 Å². The van der Waals surface area contributed by atoms with Crippen molar-refractivity contribution < 1.29 is 9.90 Å². The van der Waals surface area contributed by atoms with Gasteiger partial charge in [0, 0.05) is 5.75 Å². The summed E-state index contributed by atoms with van der Waals surface area (Å²) in [5.74, 6) is 0.786. The van der Waals surface area contributed by atoms with Gasteiger partial charge in [-0.05, 0) is 0 Å². The Hall–Kier alpha value is -0.220. The van der Waals surface area contributed by atoms with Crippen molar-refractivity contribution in [2.75, 3.05) is 5.75 Å². The fraction of sp³-hybridized carbons (Fsp3) is 0.800. The molecule has 0 aromatic rings. The lowest BCUT2D eigenvalue weighted by Crippen LogP contribution is -2.51. The van der Waals surface area contributed by atoms with Crippen LogP contribution in [-0.2, 0) is 4.79 Å². The van der Waals surface area contributed by atoms with Crippen LogP contribution in [0.15, 0.2) is 0 Å². The number of hydrogen-bond acceptors (Lipinski definition) is 3. The number of fused-ring (bicyclic) bond motifs is 1. The van der Waals surface area contributed by atoms with Gasteiger partial charge < -0.3 is 10.0 Å². The monoisotopic (exact) mass is 145 g/mol. The van der Waals surface area contributed by atoms with Crippen molar-refractivity contribution in [2.24, 2.45) is 0 Å². The second-order valence-corrected chi connectivity index (χ2v) is 3.48. The summed E-state index contributed by atoms with van der Waals surface area (Å²) >= 11 is 1.66. The molecule has 2 aliphatic heterocycles. The first-order valence-electron chi connectivity index (χ1n) is 2.90. The molecule has 2 fully saturated rings. The van der Waals surface area contributed by atoms with Crippen molar-refractivity contribution >= 4 is 17.7 Å². The normalized spacial score (nSPS) is 40.6. The number of carbonyl (C=O) groups excluding carboxylic acids is 1. The van der Waals surface area contributed by atoms with Crippen LogP contribution in [0.2, 0.25) is 0 Å². The van der Waals surface area contributed by atoms with Gasteiger partial charge in [-0.3, -0.25) is 4.79 Å². The van der Waals surface area contributed by atoms with Gasteiger partial charge in [-0.2, -0.15) is 0 Å². The van der Waals surface area contributed by atoms with Gasteiger partial charge in [0.05, 0.1) is 11.8 Å². The molecule has 1 unspecified atom stereocenters. The Morgan fingerprint density at radius 3 is 3.00 bits per heavy atom. The highest BCUT2D eigenvalue weighted by Gasteiger charge is 2.45. The van der Waals surface area contributed by atoms with Crippen molar-refractivity contribution in [1.82, 2.24) is 4.90 Å². The number of aliphatic hydroxyl groups excluding tert-OH is 1. The minimum Gasteiger partial charge on any atom is -0.373 e. The molecule has 50 valence electrons. The third kappa shape index (κ3) is 0.602. The largest absolute Gasteiger partial charge is 0.373 e. The lowest BCUT2D eigenvalue weighted by Gasteiger charge is -2.35. The molecule has 0 spiro atoms. The summed E-state index contributed by atoms with van der Waals surface area (Å²) in [4.78, 5) is 12.2. The summed E-state index contributed by atoms with van der Waals surface area (Å²) in [6, 6.07) is 0. The zero-order valence-electron chi connectivity index (χ0n) is 4.78. The molecule has 2 heterocycles. The fourth-order valence-corrected chi connectivity index (χ4v) is 2.41. The van der Waals surface area contributed by atoms with E-state index in [9.17, 15) is 4.79 Å². The average Bonchev–Trinajstić information content (AvgIpc) is 2.04. The van der Waals surface area contributed by atoms with E-state index in [1.165, 1.54) is 0 Å². The molecule has 2 aliphatic rings. The number of rotatable bonds is 0. The van der Waals surface area contributed by atoms with E-state index < -0.39 is 6.23 Å². The number of β-lactam (4-membered cyclic amide) rings is 1. The van der Waals surface area contributed by atoms with Crippen LogP contribution in [0.3, 0.4) is 0 Å². The zero-order chi connectivity index (χ0) is 6.43. The SMILES string of the molecule is O=C1C[C@H]2SCC(O)N12. The van der Waals surface area contributed by atoms with Crippen molar-refractivity contribution in [2.45, 2.75) is 18.0 Å². The fourth-order valence-electron chi connectivity index (χ4n) is 1.18. The highest BCUT2D eigenvalue weighted by Crippen LogP contribution is 2.37. The van der Waals surface area contributed by atoms with E-state index in [2.05, 4.69) is 0 Å². The van der Waals surface area contributed by atoms with Crippen LogP contribution >= 0.6 is 11.8 Å². The van der Waals surface area contributed by atoms with Gasteiger partial charge in [-0.15, -0.1) is 11.8 Å².